The van der Waals surface area contributed by atoms with Crippen LogP contribution in [0.5, 0.6) is 5.75 Å². The average molecular weight is 328 g/mol. The minimum absolute atomic E-state index is 0.101. The van der Waals surface area contributed by atoms with E-state index < -0.39 is 5.63 Å². The number of hydrogen-bond donors (Lipinski definition) is 0. The van der Waals surface area contributed by atoms with E-state index in [1.54, 1.807) is 24.3 Å². The van der Waals surface area contributed by atoms with Crippen LogP contribution in [-0.2, 0) is 0 Å². The van der Waals surface area contributed by atoms with Gasteiger partial charge >= 0.3 is 5.63 Å². The van der Waals surface area contributed by atoms with Gasteiger partial charge in [0.25, 0.3) is 0 Å². The van der Waals surface area contributed by atoms with Crippen LogP contribution in [-0.4, -0.2) is 11.6 Å². The summed E-state index contributed by atoms with van der Waals surface area (Å²) >= 11 is 6.25. The van der Waals surface area contributed by atoms with Gasteiger partial charge in [-0.15, -0.1) is 0 Å². The van der Waals surface area contributed by atoms with Gasteiger partial charge in [0.05, 0.1) is 17.5 Å². The molecule has 0 bridgehead atoms. The molecular weight excluding hydrogens is 314 g/mol. The molecule has 3 rings (SSSR count). The van der Waals surface area contributed by atoms with Crippen LogP contribution in [0.4, 0.5) is 0 Å². The highest BCUT2D eigenvalue weighted by Crippen LogP contribution is 2.22. The molecule has 0 amide bonds. The zero-order chi connectivity index (χ0) is 16.2. The first-order valence-electron chi connectivity index (χ1n) is 7.17. The van der Waals surface area contributed by atoms with Crippen molar-refractivity contribution in [2.45, 2.75) is 6.92 Å². The third-order valence-corrected chi connectivity index (χ3v) is 3.49. The van der Waals surface area contributed by atoms with E-state index in [1.165, 1.54) is 0 Å². The van der Waals surface area contributed by atoms with Crippen molar-refractivity contribution in [1.82, 2.24) is 4.98 Å². The number of halogens is 1. The zero-order valence-corrected chi connectivity index (χ0v) is 13.2. The molecule has 0 aliphatic rings. The van der Waals surface area contributed by atoms with Crippen molar-refractivity contribution in [2.75, 3.05) is 6.61 Å². The fourth-order valence-corrected chi connectivity index (χ4v) is 2.36. The van der Waals surface area contributed by atoms with Gasteiger partial charge in [-0.05, 0) is 42.8 Å². The zero-order valence-electron chi connectivity index (χ0n) is 12.5. The summed E-state index contributed by atoms with van der Waals surface area (Å²) in [6.07, 6.45) is 1.69. The summed E-state index contributed by atoms with van der Waals surface area (Å²) in [6, 6.07) is 14.4. The third-order valence-electron chi connectivity index (χ3n) is 3.22. The molecule has 5 heteroatoms. The quantitative estimate of drug-likeness (QED) is 0.716. The Morgan fingerprint density at radius 1 is 1.22 bits per heavy atom. The smallest absolute Gasteiger partial charge is 0.347 e. The maximum absolute atomic E-state index is 12.0. The summed E-state index contributed by atoms with van der Waals surface area (Å²) in [7, 11) is 0. The van der Waals surface area contributed by atoms with Gasteiger partial charge in [0.15, 0.2) is 0 Å². The topological polar surface area (TPSA) is 52.3 Å². The van der Waals surface area contributed by atoms with E-state index in [9.17, 15) is 4.79 Å². The Morgan fingerprint density at radius 2 is 1.96 bits per heavy atom. The number of para-hydroxylation sites is 1. The molecular formula is C18H14ClNO3. The predicted octanol–water partition coefficient (Wildman–Crippen LogP) is 4.32. The molecule has 2 aromatic carbocycles. The molecule has 0 aliphatic heterocycles. The molecule has 23 heavy (non-hydrogen) atoms. The lowest BCUT2D eigenvalue weighted by molar-refractivity contribution is 0.340. The molecule has 0 unspecified atom stereocenters. The van der Waals surface area contributed by atoms with Crippen LogP contribution in [0.1, 0.15) is 18.4 Å². The Balaban J connectivity index is 1.95. The lowest BCUT2D eigenvalue weighted by Crippen LogP contribution is -2.03. The molecule has 0 aliphatic carbocycles. The number of nitrogens with zero attached hydrogens (tertiary/aromatic N) is 1. The van der Waals surface area contributed by atoms with E-state index in [4.69, 9.17) is 20.8 Å². The Hall–Kier alpha value is -2.59. The van der Waals surface area contributed by atoms with Gasteiger partial charge in [0.1, 0.15) is 10.8 Å². The van der Waals surface area contributed by atoms with Crippen molar-refractivity contribution in [1.29, 1.82) is 0 Å². The van der Waals surface area contributed by atoms with Crippen molar-refractivity contribution in [3.05, 3.63) is 70.4 Å². The number of benzene rings is 2. The molecule has 4 nitrogen and oxygen atoms in total. The Kier molecular flexibility index (Phi) is 4.44. The first-order valence-corrected chi connectivity index (χ1v) is 7.55. The van der Waals surface area contributed by atoms with E-state index in [1.807, 2.05) is 37.3 Å². The predicted molar refractivity (Wildman–Crippen MR) is 91.6 cm³/mol. The molecule has 0 radical (unpaired) electrons. The second-order valence-electron chi connectivity index (χ2n) is 4.82. The van der Waals surface area contributed by atoms with Crippen LogP contribution in [0.3, 0.4) is 0 Å². The summed E-state index contributed by atoms with van der Waals surface area (Å²) in [6.45, 7) is 2.54. The van der Waals surface area contributed by atoms with Crippen molar-refractivity contribution < 1.29 is 9.15 Å². The molecule has 0 saturated heterocycles. The molecule has 116 valence electrons. The lowest BCUT2D eigenvalue weighted by atomic mass is 10.2. The lowest BCUT2D eigenvalue weighted by Gasteiger charge is -2.03. The highest BCUT2D eigenvalue weighted by molar-refractivity contribution is 6.50. The average Bonchev–Trinajstić information content (AvgIpc) is 2.57. The van der Waals surface area contributed by atoms with Gasteiger partial charge in [-0.2, -0.15) is 0 Å². The standard InChI is InChI=1S/C18H14ClNO3/c1-2-22-13-9-7-12(8-10-13)11-15(19)17-20-16-6-4-3-5-14(16)18(21)23-17/h3-11H,2H2,1H3/b15-11-. The van der Waals surface area contributed by atoms with Crippen LogP contribution in [0, 0.1) is 0 Å². The van der Waals surface area contributed by atoms with Gasteiger partial charge < -0.3 is 9.15 Å². The second-order valence-corrected chi connectivity index (χ2v) is 5.23. The van der Waals surface area contributed by atoms with Crippen molar-refractivity contribution in [3.8, 4) is 5.75 Å². The summed E-state index contributed by atoms with van der Waals surface area (Å²) in [5.74, 6) is 0.889. The maximum atomic E-state index is 12.0. The van der Waals surface area contributed by atoms with Gasteiger partial charge in [0, 0.05) is 0 Å². The van der Waals surface area contributed by atoms with Crippen molar-refractivity contribution in [3.63, 3.8) is 0 Å². The second kappa shape index (κ2) is 6.67. The molecule has 0 saturated carbocycles. The van der Waals surface area contributed by atoms with Gasteiger partial charge in [-0.1, -0.05) is 35.9 Å². The summed E-state index contributed by atoms with van der Waals surface area (Å²) in [4.78, 5) is 16.3. The fraction of sp³-hybridized carbons (Fsp3) is 0.111. The summed E-state index contributed by atoms with van der Waals surface area (Å²) in [5, 5.41) is 0.693. The highest BCUT2D eigenvalue weighted by atomic mass is 35.5. The normalized spacial score (nSPS) is 11.7. The van der Waals surface area contributed by atoms with Crippen LogP contribution in [0.25, 0.3) is 22.0 Å². The van der Waals surface area contributed by atoms with Crippen LogP contribution >= 0.6 is 11.6 Å². The largest absolute Gasteiger partial charge is 0.494 e. The monoisotopic (exact) mass is 327 g/mol. The number of aromatic nitrogens is 1. The first-order chi connectivity index (χ1) is 11.2. The van der Waals surface area contributed by atoms with Gasteiger partial charge in [-0.3, -0.25) is 0 Å². The van der Waals surface area contributed by atoms with Crippen LogP contribution in [0.15, 0.2) is 57.7 Å². The maximum Gasteiger partial charge on any atom is 0.347 e. The molecule has 3 aromatic rings. The van der Waals surface area contributed by atoms with E-state index >= 15 is 0 Å². The number of hydrogen-bond acceptors (Lipinski definition) is 4. The SMILES string of the molecule is CCOc1ccc(/C=C(\Cl)c2nc3ccccc3c(=O)o2)cc1. The highest BCUT2D eigenvalue weighted by Gasteiger charge is 2.09. The van der Waals surface area contributed by atoms with Crippen molar-refractivity contribution >= 4 is 33.6 Å². The van der Waals surface area contributed by atoms with E-state index in [2.05, 4.69) is 4.98 Å². The number of fused-ring (bicyclic) bond motifs is 1. The Labute approximate surface area is 138 Å². The number of ether oxygens (including phenoxy) is 1. The first kappa shape index (κ1) is 15.3. The molecule has 1 aromatic heterocycles. The van der Waals surface area contributed by atoms with E-state index in [0.717, 1.165) is 11.3 Å². The Morgan fingerprint density at radius 3 is 2.70 bits per heavy atom. The summed E-state index contributed by atoms with van der Waals surface area (Å²) < 4.78 is 10.6. The number of rotatable bonds is 4. The van der Waals surface area contributed by atoms with Crippen molar-refractivity contribution in [2.24, 2.45) is 0 Å². The molecule has 1 heterocycles. The van der Waals surface area contributed by atoms with Gasteiger partial charge in [0.2, 0.25) is 5.89 Å². The third kappa shape index (κ3) is 3.43. The summed E-state index contributed by atoms with van der Waals surface area (Å²) in [5.41, 5.74) is 0.955. The van der Waals surface area contributed by atoms with E-state index in [-0.39, 0.29) is 10.9 Å². The van der Waals surface area contributed by atoms with Gasteiger partial charge in [-0.25, -0.2) is 9.78 Å². The van der Waals surface area contributed by atoms with E-state index in [0.29, 0.717) is 17.5 Å². The molecule has 0 N–H and O–H groups in total. The minimum Gasteiger partial charge on any atom is -0.494 e. The molecule has 0 spiro atoms. The van der Waals surface area contributed by atoms with Crippen LogP contribution in [0.2, 0.25) is 0 Å². The Bertz CT molecular complexity index is 913. The molecule has 0 fully saturated rings. The fourth-order valence-electron chi connectivity index (χ4n) is 2.16. The minimum atomic E-state index is -0.455. The van der Waals surface area contributed by atoms with Crippen LogP contribution < -0.4 is 10.4 Å². The molecule has 0 atom stereocenters.